The molecule has 0 aliphatic carbocycles. The Morgan fingerprint density at radius 2 is 1.65 bits per heavy atom. The highest BCUT2D eigenvalue weighted by Crippen LogP contribution is 2.31. The van der Waals surface area contributed by atoms with E-state index in [1.807, 2.05) is 30.3 Å². The number of nitrogens with two attached hydrogens (primary N) is 1. The van der Waals surface area contributed by atoms with Gasteiger partial charge in [-0.3, -0.25) is 0 Å². The SMILES string of the molecule is N#CC(CCCCN)c1ccccc1-c1ccccc1. The van der Waals surface area contributed by atoms with E-state index in [-0.39, 0.29) is 5.92 Å². The highest BCUT2D eigenvalue weighted by Gasteiger charge is 2.14. The van der Waals surface area contributed by atoms with Crippen LogP contribution in [0.4, 0.5) is 0 Å². The lowest BCUT2D eigenvalue weighted by atomic mass is 9.88. The van der Waals surface area contributed by atoms with Gasteiger partial charge in [0, 0.05) is 0 Å². The molecule has 2 nitrogen and oxygen atoms in total. The monoisotopic (exact) mass is 264 g/mol. The molecule has 2 heteroatoms. The molecule has 0 saturated heterocycles. The van der Waals surface area contributed by atoms with E-state index in [1.54, 1.807) is 0 Å². The molecule has 2 aromatic carbocycles. The van der Waals surface area contributed by atoms with Gasteiger partial charge >= 0.3 is 0 Å². The van der Waals surface area contributed by atoms with Gasteiger partial charge in [-0.15, -0.1) is 0 Å². The first-order valence-corrected chi connectivity index (χ1v) is 7.11. The van der Waals surface area contributed by atoms with Crippen molar-refractivity contribution in [1.82, 2.24) is 0 Å². The van der Waals surface area contributed by atoms with Crippen LogP contribution in [-0.4, -0.2) is 6.54 Å². The Balaban J connectivity index is 2.29. The van der Waals surface area contributed by atoms with E-state index < -0.39 is 0 Å². The quantitative estimate of drug-likeness (QED) is 0.799. The second-order valence-corrected chi connectivity index (χ2v) is 4.92. The lowest BCUT2D eigenvalue weighted by molar-refractivity contribution is 0.650. The minimum absolute atomic E-state index is 0.0574. The maximum atomic E-state index is 9.47. The van der Waals surface area contributed by atoms with E-state index in [4.69, 9.17) is 5.73 Å². The summed E-state index contributed by atoms with van der Waals surface area (Å²) in [6, 6.07) is 20.9. The van der Waals surface area contributed by atoms with E-state index in [0.29, 0.717) is 6.54 Å². The fourth-order valence-electron chi connectivity index (χ4n) is 2.46. The van der Waals surface area contributed by atoms with Gasteiger partial charge in [-0.1, -0.05) is 61.0 Å². The molecule has 0 heterocycles. The van der Waals surface area contributed by atoms with Crippen molar-refractivity contribution in [1.29, 1.82) is 5.26 Å². The molecular formula is C18H20N2. The molecule has 0 fully saturated rings. The van der Waals surface area contributed by atoms with E-state index in [2.05, 4.69) is 30.3 Å². The van der Waals surface area contributed by atoms with Crippen LogP contribution >= 0.6 is 0 Å². The summed E-state index contributed by atoms with van der Waals surface area (Å²) in [5.41, 5.74) is 8.98. The van der Waals surface area contributed by atoms with Crippen molar-refractivity contribution in [2.45, 2.75) is 25.2 Å². The van der Waals surface area contributed by atoms with Crippen molar-refractivity contribution in [2.24, 2.45) is 5.73 Å². The van der Waals surface area contributed by atoms with Crippen LogP contribution in [0.1, 0.15) is 30.7 Å². The van der Waals surface area contributed by atoms with Crippen LogP contribution in [0, 0.1) is 11.3 Å². The van der Waals surface area contributed by atoms with Gasteiger partial charge in [-0.25, -0.2) is 0 Å². The summed E-state index contributed by atoms with van der Waals surface area (Å²) >= 11 is 0. The van der Waals surface area contributed by atoms with Crippen LogP contribution in [0.3, 0.4) is 0 Å². The Morgan fingerprint density at radius 3 is 2.35 bits per heavy atom. The van der Waals surface area contributed by atoms with Crippen LogP contribution in [0.2, 0.25) is 0 Å². The molecule has 0 aliphatic heterocycles. The van der Waals surface area contributed by atoms with Crippen molar-refractivity contribution < 1.29 is 0 Å². The Morgan fingerprint density at radius 1 is 0.950 bits per heavy atom. The molecule has 1 unspecified atom stereocenters. The highest BCUT2D eigenvalue weighted by molar-refractivity contribution is 5.68. The Kier molecular flexibility index (Phi) is 5.34. The molecule has 102 valence electrons. The zero-order valence-corrected chi connectivity index (χ0v) is 11.6. The normalized spacial score (nSPS) is 11.8. The maximum Gasteiger partial charge on any atom is 0.0718 e. The Hall–Kier alpha value is -2.11. The van der Waals surface area contributed by atoms with Crippen molar-refractivity contribution in [3.63, 3.8) is 0 Å². The van der Waals surface area contributed by atoms with Crippen LogP contribution in [0.15, 0.2) is 54.6 Å². The number of benzene rings is 2. The molecule has 0 aromatic heterocycles. The van der Waals surface area contributed by atoms with Crippen LogP contribution in [0.25, 0.3) is 11.1 Å². The smallest absolute Gasteiger partial charge is 0.0718 e. The number of nitrogens with zero attached hydrogens (tertiary/aromatic N) is 1. The molecule has 2 N–H and O–H groups in total. The van der Waals surface area contributed by atoms with Crippen LogP contribution in [0.5, 0.6) is 0 Å². The van der Waals surface area contributed by atoms with Crippen LogP contribution < -0.4 is 5.73 Å². The summed E-state index contributed by atoms with van der Waals surface area (Å²) in [5.74, 6) is -0.0574. The summed E-state index contributed by atoms with van der Waals surface area (Å²) in [7, 11) is 0. The third-order valence-corrected chi connectivity index (χ3v) is 3.52. The predicted octanol–water partition coefficient (Wildman–Crippen LogP) is 4.09. The summed E-state index contributed by atoms with van der Waals surface area (Å²) in [5, 5.41) is 9.47. The first-order chi connectivity index (χ1) is 9.86. The van der Waals surface area contributed by atoms with Gasteiger partial charge in [0.1, 0.15) is 0 Å². The largest absolute Gasteiger partial charge is 0.330 e. The fraction of sp³-hybridized carbons (Fsp3) is 0.278. The third kappa shape index (κ3) is 3.46. The maximum absolute atomic E-state index is 9.47. The molecule has 20 heavy (non-hydrogen) atoms. The second-order valence-electron chi connectivity index (χ2n) is 4.92. The lowest BCUT2D eigenvalue weighted by Crippen LogP contribution is -2.02. The van der Waals surface area contributed by atoms with Gasteiger partial charge in [0.25, 0.3) is 0 Å². The third-order valence-electron chi connectivity index (χ3n) is 3.52. The number of hydrogen-bond donors (Lipinski definition) is 1. The molecule has 0 bridgehead atoms. The number of nitriles is 1. The van der Waals surface area contributed by atoms with E-state index >= 15 is 0 Å². The minimum atomic E-state index is -0.0574. The Labute approximate surface area is 120 Å². The van der Waals surface area contributed by atoms with E-state index in [9.17, 15) is 5.26 Å². The molecule has 2 aromatic rings. The van der Waals surface area contributed by atoms with Gasteiger partial charge in [0.15, 0.2) is 0 Å². The highest BCUT2D eigenvalue weighted by atomic mass is 14.5. The lowest BCUT2D eigenvalue weighted by Gasteiger charge is -2.14. The van der Waals surface area contributed by atoms with Crippen molar-refractivity contribution in [3.05, 3.63) is 60.2 Å². The topological polar surface area (TPSA) is 49.8 Å². The predicted molar refractivity (Wildman–Crippen MR) is 83.1 cm³/mol. The van der Waals surface area contributed by atoms with Gasteiger partial charge in [0.05, 0.1) is 12.0 Å². The number of rotatable bonds is 6. The number of hydrogen-bond acceptors (Lipinski definition) is 2. The van der Waals surface area contributed by atoms with Crippen LogP contribution in [-0.2, 0) is 0 Å². The molecular weight excluding hydrogens is 244 g/mol. The summed E-state index contributed by atoms with van der Waals surface area (Å²) in [6.07, 6.45) is 2.85. The molecule has 1 atom stereocenters. The standard InChI is InChI=1S/C18H20N2/c19-13-7-6-10-16(14-20)18-12-5-4-11-17(18)15-8-2-1-3-9-15/h1-5,8-9,11-12,16H,6-7,10,13,19H2. The van der Waals surface area contributed by atoms with E-state index in [1.165, 1.54) is 5.56 Å². The first-order valence-electron chi connectivity index (χ1n) is 7.11. The summed E-state index contributed by atoms with van der Waals surface area (Å²) in [6.45, 7) is 0.693. The minimum Gasteiger partial charge on any atom is -0.330 e. The molecule has 0 radical (unpaired) electrons. The van der Waals surface area contributed by atoms with Crippen molar-refractivity contribution in [2.75, 3.05) is 6.54 Å². The van der Waals surface area contributed by atoms with E-state index in [0.717, 1.165) is 30.4 Å². The Bertz CT molecular complexity index is 569. The molecule has 0 amide bonds. The van der Waals surface area contributed by atoms with Gasteiger partial charge in [-0.05, 0) is 36.1 Å². The zero-order valence-electron chi connectivity index (χ0n) is 11.6. The fourth-order valence-corrected chi connectivity index (χ4v) is 2.46. The zero-order chi connectivity index (χ0) is 14.2. The van der Waals surface area contributed by atoms with Gasteiger partial charge in [-0.2, -0.15) is 5.26 Å². The molecule has 2 rings (SSSR count). The molecule has 0 spiro atoms. The summed E-state index contributed by atoms with van der Waals surface area (Å²) < 4.78 is 0. The molecule has 0 saturated carbocycles. The average Bonchev–Trinajstić information content (AvgIpc) is 2.53. The number of unbranched alkanes of at least 4 members (excludes halogenated alkanes) is 1. The second kappa shape index (κ2) is 7.47. The summed E-state index contributed by atoms with van der Waals surface area (Å²) in [4.78, 5) is 0. The van der Waals surface area contributed by atoms with Crippen molar-refractivity contribution in [3.8, 4) is 17.2 Å². The van der Waals surface area contributed by atoms with Crippen molar-refractivity contribution >= 4 is 0 Å². The van der Waals surface area contributed by atoms with Gasteiger partial charge in [0.2, 0.25) is 0 Å². The first kappa shape index (κ1) is 14.3. The average molecular weight is 264 g/mol. The molecule has 0 aliphatic rings. The van der Waals surface area contributed by atoms with Gasteiger partial charge < -0.3 is 5.73 Å².